The zero-order valence-corrected chi connectivity index (χ0v) is 18.1. The van der Waals surface area contributed by atoms with Crippen LogP contribution in [0.25, 0.3) is 22.0 Å². The molecule has 0 saturated carbocycles. The molecule has 0 aliphatic heterocycles. The Labute approximate surface area is 180 Å². The fraction of sp³-hybridized carbons (Fsp3) is 0.167. The molecule has 0 amide bonds. The Morgan fingerprint density at radius 2 is 1.58 bits per heavy atom. The number of hydrogen-bond acceptors (Lipinski definition) is 5. The first kappa shape index (κ1) is 20.8. The molecular formula is C24H22N2O4S. The molecule has 0 atom stereocenters. The molecule has 0 bridgehead atoms. The highest BCUT2D eigenvalue weighted by atomic mass is 32.2. The molecule has 0 spiro atoms. The van der Waals surface area contributed by atoms with Gasteiger partial charge in [-0.3, -0.25) is 4.79 Å². The molecule has 0 unspecified atom stereocenters. The van der Waals surface area contributed by atoms with Gasteiger partial charge in [0.2, 0.25) is 0 Å². The summed E-state index contributed by atoms with van der Waals surface area (Å²) in [6.07, 6.45) is 0. The monoisotopic (exact) mass is 434 g/mol. The Morgan fingerprint density at radius 1 is 0.903 bits per heavy atom. The number of hydrogen-bond donors (Lipinski definition) is 0. The van der Waals surface area contributed by atoms with E-state index in [1.54, 1.807) is 42.5 Å². The van der Waals surface area contributed by atoms with Crippen LogP contribution in [0.1, 0.15) is 11.1 Å². The van der Waals surface area contributed by atoms with Crippen LogP contribution >= 0.6 is 0 Å². The van der Waals surface area contributed by atoms with E-state index in [2.05, 4.69) is 5.10 Å². The lowest BCUT2D eigenvalue weighted by Crippen LogP contribution is -2.28. The van der Waals surface area contributed by atoms with Crippen molar-refractivity contribution in [3.05, 3.63) is 94.3 Å². The number of nitrogens with zero attached hydrogens (tertiary/aromatic N) is 2. The average molecular weight is 435 g/mol. The van der Waals surface area contributed by atoms with Crippen LogP contribution in [-0.4, -0.2) is 24.0 Å². The van der Waals surface area contributed by atoms with Gasteiger partial charge < -0.3 is 4.18 Å². The highest BCUT2D eigenvalue weighted by Gasteiger charge is 2.17. The van der Waals surface area contributed by atoms with Gasteiger partial charge in [-0.05, 0) is 43.7 Å². The third kappa shape index (κ3) is 4.51. The van der Waals surface area contributed by atoms with E-state index in [4.69, 9.17) is 4.18 Å². The second kappa shape index (κ2) is 8.35. The van der Waals surface area contributed by atoms with Crippen molar-refractivity contribution < 1.29 is 12.6 Å². The molecule has 0 saturated heterocycles. The third-order valence-corrected chi connectivity index (χ3v) is 6.16. The minimum atomic E-state index is -3.89. The lowest BCUT2D eigenvalue weighted by Gasteiger charge is -2.14. The predicted molar refractivity (Wildman–Crippen MR) is 122 cm³/mol. The Bertz CT molecular complexity index is 1410. The molecule has 31 heavy (non-hydrogen) atoms. The van der Waals surface area contributed by atoms with E-state index in [9.17, 15) is 13.2 Å². The van der Waals surface area contributed by atoms with E-state index in [1.165, 1.54) is 4.68 Å². The summed E-state index contributed by atoms with van der Waals surface area (Å²) in [5, 5.41) is 5.80. The summed E-state index contributed by atoms with van der Waals surface area (Å²) in [6.45, 7) is 3.87. The average Bonchev–Trinajstić information content (AvgIpc) is 2.76. The van der Waals surface area contributed by atoms with Gasteiger partial charge in [0, 0.05) is 10.9 Å². The molecular weight excluding hydrogens is 412 g/mol. The highest BCUT2D eigenvalue weighted by molar-refractivity contribution is 7.87. The van der Waals surface area contributed by atoms with E-state index in [0.29, 0.717) is 11.1 Å². The molecule has 1 heterocycles. The molecule has 7 heteroatoms. The van der Waals surface area contributed by atoms with Gasteiger partial charge in [-0.25, -0.2) is 4.68 Å². The number of aromatic nitrogens is 2. The minimum absolute atomic E-state index is 0.114. The van der Waals surface area contributed by atoms with Gasteiger partial charge in [-0.1, -0.05) is 54.1 Å². The highest BCUT2D eigenvalue weighted by Crippen LogP contribution is 2.28. The van der Waals surface area contributed by atoms with Crippen LogP contribution in [0.2, 0.25) is 0 Å². The molecule has 4 aromatic rings. The Balaban J connectivity index is 1.74. The number of para-hydroxylation sites is 1. The zero-order chi connectivity index (χ0) is 22.0. The van der Waals surface area contributed by atoms with Gasteiger partial charge in [-0.15, -0.1) is 0 Å². The second-order valence-electron chi connectivity index (χ2n) is 7.40. The van der Waals surface area contributed by atoms with Crippen LogP contribution in [0.5, 0.6) is 5.75 Å². The Kier molecular flexibility index (Phi) is 5.61. The molecule has 0 aliphatic rings. The SMILES string of the molecule is Cc1ccc(C)c(-c2nn(CCS(=O)(=O)Oc3ccccc3)c(=O)c3ccccc23)c1. The van der Waals surface area contributed by atoms with Crippen LogP contribution in [0, 0.1) is 13.8 Å². The maximum absolute atomic E-state index is 13.0. The second-order valence-corrected chi connectivity index (χ2v) is 9.09. The first-order chi connectivity index (χ1) is 14.8. The van der Waals surface area contributed by atoms with Gasteiger partial charge in [-0.2, -0.15) is 13.5 Å². The maximum atomic E-state index is 13.0. The van der Waals surface area contributed by atoms with Crippen molar-refractivity contribution in [1.29, 1.82) is 0 Å². The first-order valence-corrected chi connectivity index (χ1v) is 11.5. The molecule has 4 rings (SSSR count). The topological polar surface area (TPSA) is 78.3 Å². The summed E-state index contributed by atoms with van der Waals surface area (Å²) in [5.41, 5.74) is 3.32. The molecule has 0 N–H and O–H groups in total. The molecule has 0 radical (unpaired) electrons. The fourth-order valence-electron chi connectivity index (χ4n) is 3.44. The summed E-state index contributed by atoms with van der Waals surface area (Å²) >= 11 is 0. The van der Waals surface area contributed by atoms with Crippen molar-refractivity contribution in [3.63, 3.8) is 0 Å². The predicted octanol–water partition coefficient (Wildman–Crippen LogP) is 4.09. The van der Waals surface area contributed by atoms with Gasteiger partial charge in [0.25, 0.3) is 5.56 Å². The zero-order valence-electron chi connectivity index (χ0n) is 17.3. The summed E-state index contributed by atoms with van der Waals surface area (Å²) in [7, 11) is -3.89. The van der Waals surface area contributed by atoms with Gasteiger partial charge in [0.05, 0.1) is 17.6 Å². The smallest absolute Gasteiger partial charge is 0.311 e. The molecule has 1 aromatic heterocycles. The number of benzene rings is 3. The van der Waals surface area contributed by atoms with Crippen LogP contribution in [-0.2, 0) is 16.7 Å². The maximum Gasteiger partial charge on any atom is 0.311 e. The van der Waals surface area contributed by atoms with E-state index in [1.807, 2.05) is 44.2 Å². The standard InChI is InChI=1S/C24H22N2O4S/c1-17-12-13-18(2)22(16-17)23-20-10-6-7-11-21(20)24(27)26(25-23)14-15-31(28,29)30-19-8-4-3-5-9-19/h3-13,16H,14-15H2,1-2H3. The van der Waals surface area contributed by atoms with Crippen LogP contribution < -0.4 is 9.74 Å². The molecule has 0 fully saturated rings. The lowest BCUT2D eigenvalue weighted by atomic mass is 9.99. The fourth-order valence-corrected chi connectivity index (χ4v) is 4.32. The van der Waals surface area contributed by atoms with Crippen LogP contribution in [0.3, 0.4) is 0 Å². The molecule has 6 nitrogen and oxygen atoms in total. The van der Waals surface area contributed by atoms with Crippen molar-refractivity contribution in [2.45, 2.75) is 20.4 Å². The molecule has 158 valence electrons. The van der Waals surface area contributed by atoms with Gasteiger partial charge in [0.1, 0.15) is 11.5 Å². The quantitative estimate of drug-likeness (QED) is 0.427. The van der Waals surface area contributed by atoms with Crippen LogP contribution in [0.15, 0.2) is 77.6 Å². The number of rotatable bonds is 6. The van der Waals surface area contributed by atoms with E-state index in [-0.39, 0.29) is 23.6 Å². The van der Waals surface area contributed by atoms with E-state index >= 15 is 0 Å². The Morgan fingerprint density at radius 3 is 2.32 bits per heavy atom. The third-order valence-electron chi connectivity index (χ3n) is 5.04. The largest absolute Gasteiger partial charge is 0.382 e. The van der Waals surface area contributed by atoms with E-state index in [0.717, 1.165) is 22.1 Å². The van der Waals surface area contributed by atoms with Crippen molar-refractivity contribution >= 4 is 20.9 Å². The van der Waals surface area contributed by atoms with Crippen LogP contribution in [0.4, 0.5) is 0 Å². The molecule has 0 aliphatic carbocycles. The summed E-state index contributed by atoms with van der Waals surface area (Å²) < 4.78 is 31.2. The minimum Gasteiger partial charge on any atom is -0.382 e. The summed E-state index contributed by atoms with van der Waals surface area (Å²) in [4.78, 5) is 13.0. The summed E-state index contributed by atoms with van der Waals surface area (Å²) in [5.74, 6) is -0.142. The van der Waals surface area contributed by atoms with E-state index < -0.39 is 10.1 Å². The lowest BCUT2D eigenvalue weighted by molar-refractivity contribution is 0.477. The molecule has 3 aromatic carbocycles. The van der Waals surface area contributed by atoms with Gasteiger partial charge >= 0.3 is 10.1 Å². The van der Waals surface area contributed by atoms with Crippen molar-refractivity contribution in [1.82, 2.24) is 9.78 Å². The van der Waals surface area contributed by atoms with Crippen molar-refractivity contribution in [2.24, 2.45) is 0 Å². The number of aryl methyl sites for hydroxylation is 3. The number of fused-ring (bicyclic) bond motifs is 1. The normalized spacial score (nSPS) is 11.5. The van der Waals surface area contributed by atoms with Gasteiger partial charge in [0.15, 0.2) is 0 Å². The summed E-state index contributed by atoms with van der Waals surface area (Å²) in [6, 6.07) is 21.6. The first-order valence-electron chi connectivity index (χ1n) is 9.89. The van der Waals surface area contributed by atoms with Crippen molar-refractivity contribution in [3.8, 4) is 17.0 Å². The Hall–Kier alpha value is -3.45. The van der Waals surface area contributed by atoms with Crippen molar-refractivity contribution in [2.75, 3.05) is 5.75 Å².